The maximum absolute atomic E-state index is 9.46. The Bertz CT molecular complexity index is 37.8. The second-order valence-electron chi connectivity index (χ2n) is 1.23. The molecule has 0 saturated carbocycles. The van der Waals surface area contributed by atoms with E-state index in [1.54, 1.807) is 6.42 Å². The van der Waals surface area contributed by atoms with E-state index in [1.807, 2.05) is 6.92 Å². The topological polar surface area (TPSA) is 19.9 Å². The first-order valence-corrected chi connectivity index (χ1v) is 2.61. The maximum atomic E-state index is 9.46. The zero-order valence-corrected chi connectivity index (χ0v) is 5.19. The molecule has 0 N–H and O–H groups in total. The molecule has 0 aliphatic carbocycles. The lowest BCUT2D eigenvalue weighted by Crippen LogP contribution is -1.82. The van der Waals surface area contributed by atoms with E-state index in [0.29, 0.717) is 0 Å². The summed E-state index contributed by atoms with van der Waals surface area (Å²) in [7, 11) is 0. The largest absolute Gasteiger partial charge is 0.222 e. The van der Waals surface area contributed by atoms with Crippen molar-refractivity contribution in [1.82, 2.24) is 0 Å². The minimum absolute atomic E-state index is 0.902. The van der Waals surface area contributed by atoms with Crippen LogP contribution in [-0.4, -0.2) is 0 Å². The lowest BCUT2D eigenvalue weighted by molar-refractivity contribution is 0.296. The van der Waals surface area contributed by atoms with Gasteiger partial charge in [-0.05, 0) is 19.3 Å². The van der Waals surface area contributed by atoms with Crippen LogP contribution < -0.4 is 0 Å². The molecule has 44 valence electrons. The Labute approximate surface area is 58.1 Å². The summed E-state index contributed by atoms with van der Waals surface area (Å²) < 4.78 is 0. The summed E-state index contributed by atoms with van der Waals surface area (Å²) in [5, 5.41) is 9.46. The highest BCUT2D eigenvalue weighted by Gasteiger charge is 1.92. The summed E-state index contributed by atoms with van der Waals surface area (Å²) in [6.07, 6.45) is 12.1. The predicted octanol–water partition coefficient (Wildman–Crippen LogP) is 1.40. The molecule has 0 aliphatic heterocycles. The van der Waals surface area contributed by atoms with Crippen LogP contribution in [0.2, 0.25) is 0 Å². The summed E-state index contributed by atoms with van der Waals surface area (Å²) >= 11 is 0. The van der Waals surface area contributed by atoms with Crippen molar-refractivity contribution in [3.05, 3.63) is 38.7 Å². The van der Waals surface area contributed by atoms with Gasteiger partial charge in [-0.2, -0.15) is 0 Å². The molecule has 0 saturated heterocycles. The van der Waals surface area contributed by atoms with E-state index < -0.39 is 0 Å². The van der Waals surface area contributed by atoms with E-state index in [2.05, 4.69) is 25.7 Å². The van der Waals surface area contributed by atoms with Gasteiger partial charge in [-0.15, -0.1) is 0 Å². The second-order valence-corrected chi connectivity index (χ2v) is 1.23. The Morgan fingerprint density at radius 1 is 1.33 bits per heavy atom. The third-order valence-electron chi connectivity index (χ3n) is 0.554. The van der Waals surface area contributed by atoms with E-state index in [-0.39, 0.29) is 0 Å². The molecule has 1 nitrogen and oxygen atoms in total. The first-order valence-electron chi connectivity index (χ1n) is 2.61. The highest BCUT2D eigenvalue weighted by molar-refractivity contribution is 5.10. The van der Waals surface area contributed by atoms with Crippen molar-refractivity contribution in [2.45, 2.75) is 13.3 Å². The van der Waals surface area contributed by atoms with Gasteiger partial charge in [-0.3, -0.25) is 0 Å². The van der Waals surface area contributed by atoms with Gasteiger partial charge >= 0.3 is 0 Å². The van der Waals surface area contributed by atoms with Crippen molar-refractivity contribution in [1.29, 1.82) is 0 Å². The van der Waals surface area contributed by atoms with Crippen LogP contribution in [-0.2, 0) is 5.11 Å². The van der Waals surface area contributed by atoms with Gasteiger partial charge in [0.15, 0.2) is 6.61 Å². The van der Waals surface area contributed by atoms with Gasteiger partial charge in [0.25, 0.3) is 0 Å². The van der Waals surface area contributed by atoms with E-state index in [9.17, 15) is 5.11 Å². The van der Waals surface area contributed by atoms with Crippen molar-refractivity contribution < 1.29 is 5.11 Å². The molecule has 0 aromatic rings. The first-order chi connectivity index (χ1) is 4.41. The minimum Gasteiger partial charge on any atom is -0.222 e. The number of rotatable bonds is 6. The van der Waals surface area contributed by atoms with E-state index in [0.717, 1.165) is 6.42 Å². The molecule has 0 atom stereocenters. The van der Waals surface area contributed by atoms with Gasteiger partial charge in [0.2, 0.25) is 0 Å². The SMILES string of the molecule is CC[CH][C][C][C][C][C][O]. The van der Waals surface area contributed by atoms with Crippen molar-refractivity contribution in [2.75, 3.05) is 0 Å². The molecular formula is C8H6O. The highest BCUT2D eigenvalue weighted by Crippen LogP contribution is 1.99. The molecule has 12 radical (unpaired) electrons. The Morgan fingerprint density at radius 2 is 2.11 bits per heavy atom. The molecule has 0 aromatic heterocycles. The Morgan fingerprint density at radius 3 is 2.67 bits per heavy atom. The Hall–Kier alpha value is -0.0400. The Kier molecular flexibility index (Phi) is 7.92. The van der Waals surface area contributed by atoms with Crippen LogP contribution in [0.1, 0.15) is 13.3 Å². The number of hydrogen-bond acceptors (Lipinski definition) is 0. The van der Waals surface area contributed by atoms with Crippen LogP contribution in [0, 0.1) is 38.7 Å². The third-order valence-corrected chi connectivity index (χ3v) is 0.554. The van der Waals surface area contributed by atoms with Gasteiger partial charge < -0.3 is 0 Å². The summed E-state index contributed by atoms with van der Waals surface area (Å²) in [5.74, 6) is 0. The molecule has 0 fully saturated rings. The number of unbranched alkanes of at least 4 members (excludes halogenated alkanes) is 5. The molecule has 0 aromatic carbocycles. The van der Waals surface area contributed by atoms with Crippen molar-refractivity contribution in [3.63, 3.8) is 0 Å². The zero-order valence-electron chi connectivity index (χ0n) is 5.19. The average molecular weight is 118 g/mol. The number of hydrogen-bond donors (Lipinski definition) is 0. The molecule has 0 amide bonds. The summed E-state index contributed by atoms with van der Waals surface area (Å²) in [5.41, 5.74) is 0. The van der Waals surface area contributed by atoms with Crippen molar-refractivity contribution in [3.8, 4) is 0 Å². The predicted molar refractivity (Wildman–Crippen MR) is 31.5 cm³/mol. The average Bonchev–Trinajstić information content (AvgIpc) is 1.89. The van der Waals surface area contributed by atoms with Gasteiger partial charge in [0.1, 0.15) is 0 Å². The molecule has 9 heavy (non-hydrogen) atoms. The molecular weight excluding hydrogens is 112 g/mol. The lowest BCUT2D eigenvalue weighted by Gasteiger charge is -1.90. The van der Waals surface area contributed by atoms with E-state index >= 15 is 0 Å². The monoisotopic (exact) mass is 118 g/mol. The van der Waals surface area contributed by atoms with Gasteiger partial charge in [0.05, 0.1) is 0 Å². The van der Waals surface area contributed by atoms with Crippen LogP contribution in [0.3, 0.4) is 0 Å². The summed E-state index contributed by atoms with van der Waals surface area (Å²) in [6, 6.07) is 0. The molecule has 0 rings (SSSR count). The summed E-state index contributed by atoms with van der Waals surface area (Å²) in [4.78, 5) is 0. The molecule has 1 heteroatoms. The Balaban J connectivity index is 2.60. The van der Waals surface area contributed by atoms with Crippen LogP contribution in [0.15, 0.2) is 0 Å². The van der Waals surface area contributed by atoms with Crippen LogP contribution in [0.4, 0.5) is 0 Å². The smallest absolute Gasteiger partial charge is 0.182 e. The van der Waals surface area contributed by atoms with Crippen LogP contribution >= 0.6 is 0 Å². The lowest BCUT2D eigenvalue weighted by atomic mass is 10.1. The molecule has 0 bridgehead atoms. The molecule has 0 unspecified atom stereocenters. The zero-order chi connectivity index (χ0) is 6.95. The van der Waals surface area contributed by atoms with Crippen LogP contribution in [0.25, 0.3) is 0 Å². The first kappa shape index (κ1) is 8.96. The van der Waals surface area contributed by atoms with Gasteiger partial charge in [-0.1, -0.05) is 13.3 Å². The molecule has 0 aliphatic rings. The van der Waals surface area contributed by atoms with E-state index in [4.69, 9.17) is 0 Å². The van der Waals surface area contributed by atoms with Crippen molar-refractivity contribution in [2.24, 2.45) is 0 Å². The maximum Gasteiger partial charge on any atom is 0.182 e. The fourth-order valence-electron chi connectivity index (χ4n) is 0.246. The van der Waals surface area contributed by atoms with Crippen molar-refractivity contribution >= 4 is 0 Å². The second kappa shape index (κ2) is 7.96. The van der Waals surface area contributed by atoms with Gasteiger partial charge in [-0.25, -0.2) is 5.11 Å². The van der Waals surface area contributed by atoms with Crippen LogP contribution in [0.5, 0.6) is 0 Å². The van der Waals surface area contributed by atoms with Gasteiger partial charge in [0, 0.05) is 12.8 Å². The highest BCUT2D eigenvalue weighted by atomic mass is 16.2. The molecule has 0 spiro atoms. The normalized spacial score (nSPS) is 10.0. The fourth-order valence-corrected chi connectivity index (χ4v) is 0.246. The quantitative estimate of drug-likeness (QED) is 0.470. The minimum atomic E-state index is 0.902. The third kappa shape index (κ3) is 7.96. The molecule has 0 heterocycles. The van der Waals surface area contributed by atoms with E-state index in [1.165, 1.54) is 6.61 Å². The summed E-state index contributed by atoms with van der Waals surface area (Å²) in [6.45, 7) is 3.40. The fraction of sp³-hybridized carbons (Fsp3) is 0.250. The standard InChI is InChI=1S/C8H6O/c1-2-3-4-5-6-7-8-9/h3H,2H2,1H3.